The van der Waals surface area contributed by atoms with Gasteiger partial charge in [0.1, 0.15) is 0 Å². The molecule has 1 aliphatic rings. The number of amides is 2. The van der Waals surface area contributed by atoms with Crippen LogP contribution in [0.4, 0.5) is 16.5 Å². The Balaban J connectivity index is 1.86. The number of nitrogens with zero attached hydrogens (tertiary/aromatic N) is 4. The van der Waals surface area contributed by atoms with Crippen molar-refractivity contribution in [1.29, 1.82) is 0 Å². The third-order valence-corrected chi connectivity index (χ3v) is 3.94. The highest BCUT2D eigenvalue weighted by Crippen LogP contribution is 2.32. The number of H-pyrrole nitrogens is 1. The second-order valence-corrected chi connectivity index (χ2v) is 6.13. The highest BCUT2D eigenvalue weighted by molar-refractivity contribution is 7.73. The summed E-state index contributed by atoms with van der Waals surface area (Å²) in [6.07, 6.45) is 2.38. The largest absolute Gasteiger partial charge is 0.269 e. The fourth-order valence-electron chi connectivity index (χ4n) is 1.74. The van der Waals surface area contributed by atoms with Crippen LogP contribution < -0.4 is 4.90 Å². The van der Waals surface area contributed by atoms with Crippen LogP contribution in [-0.2, 0) is 9.59 Å². The first-order valence-corrected chi connectivity index (χ1v) is 7.48. The molecule has 0 saturated carbocycles. The molecular weight excluding hydrogens is 346 g/mol. The number of nitrogens with one attached hydrogen (secondary N) is 1. The minimum Gasteiger partial charge on any atom is -0.269 e. The van der Waals surface area contributed by atoms with Crippen LogP contribution in [0.1, 0.15) is 0 Å². The molecule has 2 heterocycles. The maximum atomic E-state index is 11.6. The van der Waals surface area contributed by atoms with Gasteiger partial charge in [-0.3, -0.25) is 14.7 Å². The Morgan fingerprint density at radius 3 is 2.55 bits per heavy atom. The van der Waals surface area contributed by atoms with Crippen molar-refractivity contribution in [3.05, 3.63) is 39.3 Å². The molecule has 0 radical (unpaired) electrons. The van der Waals surface area contributed by atoms with Gasteiger partial charge < -0.3 is 0 Å². The van der Waals surface area contributed by atoms with E-state index in [1.54, 1.807) is 6.07 Å². The Bertz CT molecular complexity index is 868. The average molecular weight is 352 g/mol. The zero-order valence-electron chi connectivity index (χ0n) is 10.7. The molecule has 1 aromatic carbocycles. The summed E-state index contributed by atoms with van der Waals surface area (Å²) in [5, 5.41) is 14.9. The highest BCUT2D eigenvalue weighted by Gasteiger charge is 2.26. The third kappa shape index (κ3) is 2.86. The van der Waals surface area contributed by atoms with Crippen molar-refractivity contribution in [3.63, 3.8) is 0 Å². The van der Waals surface area contributed by atoms with E-state index in [9.17, 15) is 9.59 Å². The van der Waals surface area contributed by atoms with Gasteiger partial charge in [0, 0.05) is 12.2 Å². The van der Waals surface area contributed by atoms with Crippen LogP contribution in [0.2, 0.25) is 5.02 Å². The molecule has 10 heteroatoms. The number of carbonyl (C=O) groups is 2. The molecule has 7 nitrogen and oxygen atoms in total. The van der Waals surface area contributed by atoms with Crippen molar-refractivity contribution in [2.75, 3.05) is 4.90 Å². The number of benzene rings is 1. The van der Waals surface area contributed by atoms with E-state index in [2.05, 4.69) is 20.4 Å². The first-order chi connectivity index (χ1) is 10.5. The lowest BCUT2D eigenvalue weighted by Gasteiger charge is -2.15. The predicted octanol–water partition coefficient (Wildman–Crippen LogP) is 3.70. The van der Waals surface area contributed by atoms with Gasteiger partial charge in [-0.15, -0.1) is 15.3 Å². The van der Waals surface area contributed by atoms with Gasteiger partial charge in [-0.25, -0.2) is 4.90 Å². The lowest BCUT2D eigenvalue weighted by atomic mass is 10.2. The molecule has 0 saturated heterocycles. The fraction of sp³-hybridized carbons (Fsp3) is 0. The normalized spacial score (nSPS) is 14.5. The smallest absolute Gasteiger partial charge is 0.258 e. The number of halogens is 1. The maximum absolute atomic E-state index is 11.6. The number of aromatic nitrogens is 2. The molecule has 0 unspecified atom stereocenters. The molecule has 110 valence electrons. The Hall–Kier alpha value is -2.23. The van der Waals surface area contributed by atoms with Gasteiger partial charge in [0.25, 0.3) is 11.8 Å². The number of azo groups is 1. The van der Waals surface area contributed by atoms with Gasteiger partial charge in [0.2, 0.25) is 5.13 Å². The Kier molecular flexibility index (Phi) is 3.92. The van der Waals surface area contributed by atoms with Gasteiger partial charge in [0.15, 0.2) is 3.95 Å². The van der Waals surface area contributed by atoms with E-state index in [1.807, 2.05) is 0 Å². The van der Waals surface area contributed by atoms with E-state index >= 15 is 0 Å². The van der Waals surface area contributed by atoms with Crippen LogP contribution in [0.25, 0.3) is 0 Å². The molecule has 1 N–H and O–H groups in total. The first-order valence-electron chi connectivity index (χ1n) is 5.87. The summed E-state index contributed by atoms with van der Waals surface area (Å²) < 4.78 is 0.501. The quantitative estimate of drug-likeness (QED) is 0.518. The minimum atomic E-state index is -0.433. The van der Waals surface area contributed by atoms with Gasteiger partial charge in [-0.2, -0.15) is 0 Å². The SMILES string of the molecule is O=C1C=CC(=O)N1c1ccc(N=Nc2n[nH]c(=S)s2)cc1Cl. The van der Waals surface area contributed by atoms with E-state index in [0.29, 0.717) is 20.5 Å². The van der Waals surface area contributed by atoms with E-state index in [0.717, 1.165) is 4.90 Å². The molecule has 22 heavy (non-hydrogen) atoms. The average Bonchev–Trinajstić information content (AvgIpc) is 3.04. The summed E-state index contributed by atoms with van der Waals surface area (Å²) >= 11 is 12.2. The summed E-state index contributed by atoms with van der Waals surface area (Å²) in [5.74, 6) is -0.866. The zero-order chi connectivity index (χ0) is 15.7. The van der Waals surface area contributed by atoms with Crippen molar-refractivity contribution >= 4 is 63.5 Å². The van der Waals surface area contributed by atoms with Crippen molar-refractivity contribution in [1.82, 2.24) is 10.2 Å². The number of anilines is 1. The highest BCUT2D eigenvalue weighted by atomic mass is 35.5. The van der Waals surface area contributed by atoms with E-state index in [-0.39, 0.29) is 5.02 Å². The Labute approximate surface area is 137 Å². The number of aromatic amines is 1. The van der Waals surface area contributed by atoms with Crippen molar-refractivity contribution < 1.29 is 9.59 Å². The van der Waals surface area contributed by atoms with Crippen molar-refractivity contribution in [2.24, 2.45) is 10.2 Å². The lowest BCUT2D eigenvalue weighted by molar-refractivity contribution is -0.119. The molecule has 2 amide bonds. The second kappa shape index (κ2) is 5.87. The molecule has 2 aromatic rings. The van der Waals surface area contributed by atoms with Crippen LogP contribution >= 0.6 is 35.2 Å². The van der Waals surface area contributed by atoms with Gasteiger partial charge in [-0.1, -0.05) is 22.9 Å². The van der Waals surface area contributed by atoms with E-state index in [1.165, 1.54) is 35.6 Å². The van der Waals surface area contributed by atoms with Crippen LogP contribution in [0.15, 0.2) is 40.6 Å². The van der Waals surface area contributed by atoms with Crippen LogP contribution in [0, 0.1) is 3.95 Å². The Morgan fingerprint density at radius 1 is 1.23 bits per heavy atom. The molecule has 1 aromatic heterocycles. The van der Waals surface area contributed by atoms with Crippen LogP contribution in [-0.4, -0.2) is 22.0 Å². The van der Waals surface area contributed by atoms with Crippen molar-refractivity contribution in [3.8, 4) is 0 Å². The third-order valence-electron chi connectivity index (χ3n) is 2.66. The van der Waals surface area contributed by atoms with Crippen LogP contribution in [0.3, 0.4) is 0 Å². The number of hydrogen-bond acceptors (Lipinski definition) is 7. The summed E-state index contributed by atoms with van der Waals surface area (Å²) in [6.45, 7) is 0. The molecule has 0 fully saturated rings. The first kappa shape index (κ1) is 14.7. The lowest BCUT2D eigenvalue weighted by Crippen LogP contribution is -2.29. The maximum Gasteiger partial charge on any atom is 0.258 e. The summed E-state index contributed by atoms with van der Waals surface area (Å²) in [7, 11) is 0. The zero-order valence-corrected chi connectivity index (χ0v) is 13.1. The number of rotatable bonds is 3. The molecule has 3 rings (SSSR count). The summed E-state index contributed by atoms with van der Waals surface area (Å²) in [5.41, 5.74) is 0.762. The topological polar surface area (TPSA) is 90.8 Å². The standard InChI is InChI=1S/C12H6ClN5O2S2/c13-7-5-6(14-15-11-16-17-12(21)22-11)1-2-8(7)18-9(19)3-4-10(18)20/h1-5H,(H,17,21). The molecule has 0 spiro atoms. The molecular formula is C12H6ClN5O2S2. The molecule has 0 aliphatic carbocycles. The predicted molar refractivity (Wildman–Crippen MR) is 84.6 cm³/mol. The fourth-order valence-corrected chi connectivity index (χ4v) is 2.70. The number of imide groups is 1. The summed E-state index contributed by atoms with van der Waals surface area (Å²) in [6, 6.07) is 4.63. The number of hydrogen-bond donors (Lipinski definition) is 1. The summed E-state index contributed by atoms with van der Waals surface area (Å²) in [4.78, 5) is 24.3. The second-order valence-electron chi connectivity index (χ2n) is 4.08. The van der Waals surface area contributed by atoms with Crippen molar-refractivity contribution in [2.45, 2.75) is 0 Å². The van der Waals surface area contributed by atoms with Gasteiger partial charge in [-0.05, 0) is 30.4 Å². The monoisotopic (exact) mass is 351 g/mol. The van der Waals surface area contributed by atoms with Crippen LogP contribution in [0.5, 0.6) is 0 Å². The van der Waals surface area contributed by atoms with Gasteiger partial charge >= 0.3 is 0 Å². The molecule has 1 aliphatic heterocycles. The van der Waals surface area contributed by atoms with E-state index < -0.39 is 11.8 Å². The molecule has 0 atom stereocenters. The minimum absolute atomic E-state index is 0.219. The Morgan fingerprint density at radius 2 is 1.95 bits per heavy atom. The number of carbonyl (C=O) groups excluding carboxylic acids is 2. The molecule has 0 bridgehead atoms. The van der Waals surface area contributed by atoms with Gasteiger partial charge in [0.05, 0.1) is 16.4 Å². The van der Waals surface area contributed by atoms with E-state index in [4.69, 9.17) is 23.8 Å².